The Kier molecular flexibility index (Phi) is 5.93. The van der Waals surface area contributed by atoms with Crippen LogP contribution in [0.15, 0.2) is 72.0 Å². The Morgan fingerprint density at radius 2 is 1.69 bits per heavy atom. The van der Waals surface area contributed by atoms with Gasteiger partial charge in [-0.2, -0.15) is 4.98 Å². The number of anilines is 1. The highest BCUT2D eigenvalue weighted by atomic mass is 16.5. The van der Waals surface area contributed by atoms with Crippen molar-refractivity contribution in [2.24, 2.45) is 4.99 Å². The van der Waals surface area contributed by atoms with E-state index >= 15 is 0 Å². The summed E-state index contributed by atoms with van der Waals surface area (Å²) in [5, 5.41) is 3.30. The number of nitrogens with one attached hydrogen (secondary N) is 1. The number of aliphatic imine (C=N–C) groups is 1. The molecule has 0 bridgehead atoms. The Labute approximate surface area is 153 Å². The Morgan fingerprint density at radius 1 is 1.00 bits per heavy atom. The van der Waals surface area contributed by atoms with E-state index in [1.165, 1.54) is 6.33 Å². The number of nitrogens with zero attached hydrogens (tertiary/aromatic N) is 3. The van der Waals surface area contributed by atoms with Crippen molar-refractivity contribution in [1.82, 2.24) is 9.97 Å². The van der Waals surface area contributed by atoms with Crippen LogP contribution in [0.1, 0.15) is 25.0 Å². The van der Waals surface area contributed by atoms with Gasteiger partial charge in [0.05, 0.1) is 0 Å². The van der Waals surface area contributed by atoms with Gasteiger partial charge in [-0.25, -0.2) is 9.98 Å². The van der Waals surface area contributed by atoms with Crippen LogP contribution in [-0.2, 0) is 6.61 Å². The molecule has 0 saturated heterocycles. The molecule has 1 N–H and O–H groups in total. The van der Waals surface area contributed by atoms with Crippen molar-refractivity contribution in [2.45, 2.75) is 26.5 Å². The minimum atomic E-state index is 0.220. The number of ether oxygens (including phenoxy) is 1. The molecule has 0 atom stereocenters. The second-order valence-corrected chi connectivity index (χ2v) is 6.12. The third-order valence-electron chi connectivity index (χ3n) is 3.57. The van der Waals surface area contributed by atoms with Crippen molar-refractivity contribution in [3.05, 3.63) is 78.1 Å². The van der Waals surface area contributed by atoms with Gasteiger partial charge < -0.3 is 10.1 Å². The summed E-state index contributed by atoms with van der Waals surface area (Å²) >= 11 is 0. The van der Waals surface area contributed by atoms with E-state index in [2.05, 4.69) is 34.1 Å². The summed E-state index contributed by atoms with van der Waals surface area (Å²) in [6.45, 7) is 4.53. The molecule has 3 aromatic rings. The van der Waals surface area contributed by atoms with Gasteiger partial charge in [0.15, 0.2) is 11.5 Å². The predicted molar refractivity (Wildman–Crippen MR) is 105 cm³/mol. The summed E-state index contributed by atoms with van der Waals surface area (Å²) in [7, 11) is 0. The first-order valence-electron chi connectivity index (χ1n) is 8.60. The second kappa shape index (κ2) is 8.76. The summed E-state index contributed by atoms with van der Waals surface area (Å²) in [5.74, 6) is 1.12. The largest absolute Gasteiger partial charge is 0.471 e. The van der Waals surface area contributed by atoms with Crippen molar-refractivity contribution in [1.29, 1.82) is 0 Å². The van der Waals surface area contributed by atoms with Crippen molar-refractivity contribution >= 4 is 17.7 Å². The van der Waals surface area contributed by atoms with E-state index < -0.39 is 0 Å². The predicted octanol–water partition coefficient (Wildman–Crippen LogP) is 4.63. The lowest BCUT2D eigenvalue weighted by Gasteiger charge is -2.14. The minimum Gasteiger partial charge on any atom is -0.471 e. The number of hydrogen-bond acceptors (Lipinski definition) is 5. The maximum Gasteiger partial charge on any atom is 0.245 e. The summed E-state index contributed by atoms with van der Waals surface area (Å²) < 4.78 is 5.93. The highest BCUT2D eigenvalue weighted by molar-refractivity contribution is 5.84. The van der Waals surface area contributed by atoms with E-state index in [1.807, 2.05) is 60.7 Å². The number of hydrogen-bond donors (Lipinski definition) is 1. The molecule has 0 saturated carbocycles. The van der Waals surface area contributed by atoms with Crippen LogP contribution in [0, 0.1) is 0 Å². The monoisotopic (exact) mass is 346 g/mol. The molecule has 0 aliphatic rings. The van der Waals surface area contributed by atoms with Crippen molar-refractivity contribution in [3.63, 3.8) is 0 Å². The van der Waals surface area contributed by atoms with E-state index in [0.29, 0.717) is 24.0 Å². The van der Waals surface area contributed by atoms with Crippen LogP contribution in [0.5, 0.6) is 5.88 Å². The zero-order chi connectivity index (χ0) is 18.2. The smallest absolute Gasteiger partial charge is 0.245 e. The van der Waals surface area contributed by atoms with Gasteiger partial charge in [0, 0.05) is 12.3 Å². The summed E-state index contributed by atoms with van der Waals surface area (Å²) in [6, 6.07) is 20.1. The summed E-state index contributed by atoms with van der Waals surface area (Å²) in [4.78, 5) is 13.2. The molecule has 0 fully saturated rings. The van der Waals surface area contributed by atoms with Gasteiger partial charge in [-0.3, -0.25) is 0 Å². The summed E-state index contributed by atoms with van der Waals surface area (Å²) in [6.07, 6.45) is 3.28. The molecule has 0 amide bonds. The van der Waals surface area contributed by atoms with Crippen LogP contribution in [0.3, 0.4) is 0 Å². The Hall–Kier alpha value is -3.21. The summed E-state index contributed by atoms with van der Waals surface area (Å²) in [5.41, 5.74) is 2.67. The van der Waals surface area contributed by atoms with Gasteiger partial charge in [-0.05, 0) is 25.0 Å². The standard InChI is InChI=1S/C21H22N4O/c1-16(2)25-20-19(22-13-17-9-5-3-6-10-17)21(24-15-23-20)26-14-18-11-7-4-8-12-18/h3-13,15-16H,14H2,1-2H3,(H,23,24,25). The fraction of sp³-hybridized carbons (Fsp3) is 0.190. The molecule has 3 rings (SSSR count). The molecular formula is C21H22N4O. The molecule has 0 radical (unpaired) electrons. The lowest BCUT2D eigenvalue weighted by molar-refractivity contribution is 0.295. The highest BCUT2D eigenvalue weighted by Crippen LogP contribution is 2.32. The molecule has 0 aliphatic carbocycles. The lowest BCUT2D eigenvalue weighted by atomic mass is 10.2. The fourth-order valence-electron chi connectivity index (χ4n) is 2.37. The average Bonchev–Trinajstić information content (AvgIpc) is 2.67. The van der Waals surface area contributed by atoms with E-state index in [0.717, 1.165) is 11.1 Å². The van der Waals surface area contributed by atoms with Gasteiger partial charge in [-0.1, -0.05) is 60.7 Å². The number of rotatable bonds is 7. The van der Waals surface area contributed by atoms with E-state index in [1.54, 1.807) is 6.21 Å². The van der Waals surface area contributed by atoms with Crippen LogP contribution >= 0.6 is 0 Å². The topological polar surface area (TPSA) is 59.4 Å². The minimum absolute atomic E-state index is 0.220. The first-order chi connectivity index (χ1) is 12.7. The van der Waals surface area contributed by atoms with E-state index in [-0.39, 0.29) is 6.04 Å². The third-order valence-corrected chi connectivity index (χ3v) is 3.57. The molecule has 0 unspecified atom stereocenters. The van der Waals surface area contributed by atoms with Crippen molar-refractivity contribution < 1.29 is 4.74 Å². The number of aromatic nitrogens is 2. The molecule has 5 nitrogen and oxygen atoms in total. The maximum absolute atomic E-state index is 5.93. The van der Waals surface area contributed by atoms with E-state index in [4.69, 9.17) is 4.74 Å². The third kappa shape index (κ3) is 4.89. The molecule has 0 aliphatic heterocycles. The quantitative estimate of drug-likeness (QED) is 0.634. The van der Waals surface area contributed by atoms with Crippen molar-refractivity contribution in [2.75, 3.05) is 5.32 Å². The van der Waals surface area contributed by atoms with Crippen LogP contribution in [0.25, 0.3) is 0 Å². The lowest BCUT2D eigenvalue weighted by Crippen LogP contribution is -2.12. The van der Waals surface area contributed by atoms with Gasteiger partial charge in [0.2, 0.25) is 5.88 Å². The SMILES string of the molecule is CC(C)Nc1ncnc(OCc2ccccc2)c1N=Cc1ccccc1. The molecule has 0 spiro atoms. The van der Waals surface area contributed by atoms with Gasteiger partial charge in [-0.15, -0.1) is 0 Å². The normalized spacial score (nSPS) is 11.0. The Bertz CT molecular complexity index is 848. The molecule has 26 heavy (non-hydrogen) atoms. The van der Waals surface area contributed by atoms with Crippen LogP contribution in [-0.4, -0.2) is 22.2 Å². The molecule has 2 aromatic carbocycles. The maximum atomic E-state index is 5.93. The van der Waals surface area contributed by atoms with Crippen molar-refractivity contribution in [3.8, 4) is 5.88 Å². The molecular weight excluding hydrogens is 324 g/mol. The van der Waals surface area contributed by atoms with Crippen LogP contribution in [0.2, 0.25) is 0 Å². The molecule has 5 heteroatoms. The average molecular weight is 346 g/mol. The molecule has 1 aromatic heterocycles. The zero-order valence-corrected chi connectivity index (χ0v) is 15.0. The Morgan fingerprint density at radius 3 is 2.38 bits per heavy atom. The van der Waals surface area contributed by atoms with Gasteiger partial charge >= 0.3 is 0 Å². The number of benzene rings is 2. The van der Waals surface area contributed by atoms with E-state index in [9.17, 15) is 0 Å². The zero-order valence-electron chi connectivity index (χ0n) is 15.0. The van der Waals surface area contributed by atoms with Crippen LogP contribution in [0.4, 0.5) is 11.5 Å². The first kappa shape index (κ1) is 17.6. The first-order valence-corrected chi connectivity index (χ1v) is 8.60. The van der Waals surface area contributed by atoms with Gasteiger partial charge in [0.1, 0.15) is 12.9 Å². The highest BCUT2D eigenvalue weighted by Gasteiger charge is 2.13. The van der Waals surface area contributed by atoms with Crippen LogP contribution < -0.4 is 10.1 Å². The molecule has 1 heterocycles. The second-order valence-electron chi connectivity index (χ2n) is 6.12. The Balaban J connectivity index is 1.88. The van der Waals surface area contributed by atoms with Gasteiger partial charge in [0.25, 0.3) is 0 Å². The molecule has 132 valence electrons. The fourth-order valence-corrected chi connectivity index (χ4v) is 2.37.